The first-order valence-corrected chi connectivity index (χ1v) is 8.55. The molecule has 6 heteroatoms. The van der Waals surface area contributed by atoms with E-state index < -0.39 is 0 Å². The van der Waals surface area contributed by atoms with Crippen LogP contribution in [0, 0.1) is 5.92 Å². The molecule has 0 unspecified atom stereocenters. The smallest absolute Gasteiger partial charge is 0.272 e. The summed E-state index contributed by atoms with van der Waals surface area (Å²) < 4.78 is 0. The molecule has 128 valence electrons. The summed E-state index contributed by atoms with van der Waals surface area (Å²) >= 11 is 0. The zero-order valence-corrected chi connectivity index (χ0v) is 13.8. The lowest BCUT2D eigenvalue weighted by Crippen LogP contribution is -2.18. The molecule has 2 aliphatic rings. The quantitative estimate of drug-likeness (QED) is 0.682. The fourth-order valence-electron chi connectivity index (χ4n) is 3.66. The highest BCUT2D eigenvalue weighted by molar-refractivity contribution is 6.15. The highest BCUT2D eigenvalue weighted by Crippen LogP contribution is 2.48. The van der Waals surface area contributed by atoms with Crippen molar-refractivity contribution in [3.05, 3.63) is 65.4 Å². The summed E-state index contributed by atoms with van der Waals surface area (Å²) in [5.74, 6) is -0.0457. The topological polar surface area (TPSA) is 86.3 Å². The van der Waals surface area contributed by atoms with Gasteiger partial charge in [-0.2, -0.15) is 5.10 Å². The summed E-state index contributed by atoms with van der Waals surface area (Å²) in [6.45, 7) is 0. The van der Waals surface area contributed by atoms with Gasteiger partial charge in [0.1, 0.15) is 0 Å². The molecule has 5 rings (SSSR count). The average molecular weight is 344 g/mol. The van der Waals surface area contributed by atoms with E-state index in [-0.39, 0.29) is 23.7 Å². The van der Waals surface area contributed by atoms with Gasteiger partial charge in [0.15, 0.2) is 0 Å². The van der Waals surface area contributed by atoms with Crippen LogP contribution < -0.4 is 10.7 Å². The van der Waals surface area contributed by atoms with Crippen molar-refractivity contribution in [2.75, 3.05) is 5.32 Å². The van der Waals surface area contributed by atoms with Crippen LogP contribution in [0.2, 0.25) is 0 Å². The second-order valence-electron chi connectivity index (χ2n) is 6.74. The fourth-order valence-corrected chi connectivity index (χ4v) is 3.66. The molecule has 6 nitrogen and oxygen atoms in total. The van der Waals surface area contributed by atoms with E-state index in [9.17, 15) is 9.59 Å². The Bertz CT molecular complexity index is 1070. The third-order valence-corrected chi connectivity index (χ3v) is 5.05. The average Bonchev–Trinajstić information content (AvgIpc) is 3.39. The third-order valence-electron chi connectivity index (χ3n) is 5.05. The maximum absolute atomic E-state index is 12.6. The summed E-state index contributed by atoms with van der Waals surface area (Å²) in [5.41, 5.74) is 6.44. The number of aromatic nitrogens is 1. The third kappa shape index (κ3) is 2.38. The van der Waals surface area contributed by atoms with Gasteiger partial charge < -0.3 is 10.3 Å². The van der Waals surface area contributed by atoms with Crippen LogP contribution in [0.1, 0.15) is 33.8 Å². The van der Waals surface area contributed by atoms with E-state index in [0.29, 0.717) is 11.3 Å². The Hall–Kier alpha value is -3.41. The molecule has 2 aromatic carbocycles. The SMILES string of the molecule is O=C1NN=Cc2c[nH]c3cc(NC(=O)[C@@H]4C[C@H]4c4ccccc4)cc1c23. The zero-order valence-electron chi connectivity index (χ0n) is 13.8. The van der Waals surface area contributed by atoms with Crippen molar-refractivity contribution < 1.29 is 9.59 Å². The Balaban J connectivity index is 1.42. The normalized spacial score (nSPS) is 20.5. The van der Waals surface area contributed by atoms with Crippen LogP contribution in [0.25, 0.3) is 10.9 Å². The summed E-state index contributed by atoms with van der Waals surface area (Å²) in [7, 11) is 0. The van der Waals surface area contributed by atoms with E-state index in [2.05, 4.69) is 33.0 Å². The second-order valence-corrected chi connectivity index (χ2v) is 6.74. The van der Waals surface area contributed by atoms with Crippen molar-refractivity contribution in [1.29, 1.82) is 0 Å². The van der Waals surface area contributed by atoms with Crippen LogP contribution in [0.15, 0.2) is 53.8 Å². The van der Waals surface area contributed by atoms with Crippen LogP contribution in [-0.4, -0.2) is 23.0 Å². The standard InChI is InChI=1S/C20H16N4O2/c25-19(15-8-14(15)11-4-2-1-3-5-11)23-13-6-16-18-12(9-21-17(18)7-13)10-22-24-20(16)26/h1-7,9-10,14-15,21H,8H2,(H,23,25)(H,24,26)/t14-,15+/m0/s1. The Morgan fingerprint density at radius 3 is 2.88 bits per heavy atom. The summed E-state index contributed by atoms with van der Waals surface area (Å²) in [6.07, 6.45) is 4.27. The highest BCUT2D eigenvalue weighted by Gasteiger charge is 2.43. The summed E-state index contributed by atoms with van der Waals surface area (Å²) in [6, 6.07) is 13.6. The minimum absolute atomic E-state index is 0.0116. The number of hydrogen-bond donors (Lipinski definition) is 3. The summed E-state index contributed by atoms with van der Waals surface area (Å²) in [5, 5.41) is 7.68. The van der Waals surface area contributed by atoms with Crippen molar-refractivity contribution in [2.45, 2.75) is 12.3 Å². The van der Waals surface area contributed by atoms with Crippen LogP contribution in [-0.2, 0) is 4.79 Å². The molecule has 1 aliphatic heterocycles. The predicted molar refractivity (Wildman–Crippen MR) is 99.3 cm³/mol. The van der Waals surface area contributed by atoms with Gasteiger partial charge in [-0.05, 0) is 30.0 Å². The first-order valence-electron chi connectivity index (χ1n) is 8.55. The number of nitrogens with zero attached hydrogens (tertiary/aromatic N) is 1. The van der Waals surface area contributed by atoms with Gasteiger partial charge in [0.25, 0.3) is 5.91 Å². The molecule has 2 amide bonds. The lowest BCUT2D eigenvalue weighted by atomic mass is 10.0. The molecule has 0 spiro atoms. The van der Waals surface area contributed by atoms with Crippen LogP contribution in [0.3, 0.4) is 0 Å². The van der Waals surface area contributed by atoms with Crippen LogP contribution in [0.4, 0.5) is 5.69 Å². The number of aromatic amines is 1. The van der Waals surface area contributed by atoms with Gasteiger partial charge in [-0.1, -0.05) is 30.3 Å². The molecule has 2 heterocycles. The molecule has 3 aromatic rings. The molecule has 1 aliphatic carbocycles. The lowest BCUT2D eigenvalue weighted by molar-refractivity contribution is -0.117. The number of benzene rings is 2. The van der Waals surface area contributed by atoms with Gasteiger partial charge in [-0.25, -0.2) is 5.43 Å². The Morgan fingerprint density at radius 1 is 1.19 bits per heavy atom. The number of nitrogens with one attached hydrogen (secondary N) is 3. The monoisotopic (exact) mass is 344 g/mol. The molecule has 1 fully saturated rings. The van der Waals surface area contributed by atoms with Gasteiger partial charge in [-0.3, -0.25) is 9.59 Å². The maximum atomic E-state index is 12.6. The zero-order chi connectivity index (χ0) is 17.7. The van der Waals surface area contributed by atoms with E-state index in [4.69, 9.17) is 0 Å². The van der Waals surface area contributed by atoms with Gasteiger partial charge in [0, 0.05) is 34.3 Å². The molecule has 2 atom stereocenters. The molecule has 1 saturated carbocycles. The van der Waals surface area contributed by atoms with Crippen LogP contribution >= 0.6 is 0 Å². The van der Waals surface area contributed by atoms with Gasteiger partial charge >= 0.3 is 0 Å². The number of anilines is 1. The molecular weight excluding hydrogens is 328 g/mol. The van der Waals surface area contributed by atoms with E-state index in [1.807, 2.05) is 24.3 Å². The minimum Gasteiger partial charge on any atom is -0.360 e. The van der Waals surface area contributed by atoms with E-state index >= 15 is 0 Å². The molecule has 0 bridgehead atoms. The first-order chi connectivity index (χ1) is 12.7. The molecular formula is C20H16N4O2. The molecule has 0 radical (unpaired) electrons. The van der Waals surface area contributed by atoms with Crippen LogP contribution in [0.5, 0.6) is 0 Å². The van der Waals surface area contributed by atoms with Gasteiger partial charge in [-0.15, -0.1) is 0 Å². The Morgan fingerprint density at radius 2 is 2.04 bits per heavy atom. The first kappa shape index (κ1) is 14.9. The van der Waals surface area contributed by atoms with Gasteiger partial charge in [0.2, 0.25) is 5.91 Å². The number of carbonyl (C=O) groups excluding carboxylic acids is 2. The Kier molecular flexibility index (Phi) is 3.18. The molecule has 1 aromatic heterocycles. The van der Waals surface area contributed by atoms with E-state index in [0.717, 1.165) is 22.9 Å². The van der Waals surface area contributed by atoms with Crippen molar-refractivity contribution in [3.8, 4) is 0 Å². The van der Waals surface area contributed by atoms with Crippen molar-refractivity contribution >= 4 is 34.6 Å². The second kappa shape index (κ2) is 5.56. The number of H-pyrrole nitrogens is 1. The summed E-state index contributed by atoms with van der Waals surface area (Å²) in [4.78, 5) is 28.0. The lowest BCUT2D eigenvalue weighted by Gasteiger charge is -2.08. The number of rotatable bonds is 3. The molecule has 0 saturated heterocycles. The number of amides is 2. The number of hydrogen-bond acceptors (Lipinski definition) is 3. The highest BCUT2D eigenvalue weighted by atomic mass is 16.2. The maximum Gasteiger partial charge on any atom is 0.272 e. The molecule has 26 heavy (non-hydrogen) atoms. The number of hydrazone groups is 1. The van der Waals surface area contributed by atoms with Crippen molar-refractivity contribution in [1.82, 2.24) is 10.4 Å². The van der Waals surface area contributed by atoms with Crippen molar-refractivity contribution in [2.24, 2.45) is 11.0 Å². The molecule has 3 N–H and O–H groups in total. The van der Waals surface area contributed by atoms with Gasteiger partial charge in [0.05, 0.1) is 11.8 Å². The predicted octanol–water partition coefficient (Wildman–Crippen LogP) is 2.99. The minimum atomic E-state index is -0.283. The largest absolute Gasteiger partial charge is 0.360 e. The number of carbonyl (C=O) groups is 2. The van der Waals surface area contributed by atoms with Crippen molar-refractivity contribution in [3.63, 3.8) is 0 Å². The fraction of sp³-hybridized carbons (Fsp3) is 0.150. The van der Waals surface area contributed by atoms with E-state index in [1.165, 1.54) is 5.56 Å². The Labute approximate surface area is 149 Å². The van der Waals surface area contributed by atoms with E-state index in [1.54, 1.807) is 18.5 Å².